The summed E-state index contributed by atoms with van der Waals surface area (Å²) in [5.74, 6) is 0.213. The minimum absolute atomic E-state index is 0.138. The van der Waals surface area contributed by atoms with Gasteiger partial charge < -0.3 is 9.64 Å². The lowest BCUT2D eigenvalue weighted by atomic mass is 10.1. The number of methoxy groups -OCH3 is 1. The maximum absolute atomic E-state index is 13.1. The van der Waals surface area contributed by atoms with Crippen molar-refractivity contribution in [3.63, 3.8) is 0 Å². The van der Waals surface area contributed by atoms with Crippen LogP contribution in [0.4, 0.5) is 5.13 Å². The summed E-state index contributed by atoms with van der Waals surface area (Å²) in [5.41, 5.74) is 3.05. The van der Waals surface area contributed by atoms with E-state index in [0.29, 0.717) is 36.0 Å². The summed E-state index contributed by atoms with van der Waals surface area (Å²) in [6.45, 7) is 0.945. The van der Waals surface area contributed by atoms with Crippen molar-refractivity contribution < 1.29 is 14.3 Å². The summed E-state index contributed by atoms with van der Waals surface area (Å²) < 4.78 is 5.26. The number of nitrogens with one attached hydrogen (secondary N) is 2. The molecular formula is C22H19N7O3S. The Bertz CT molecular complexity index is 1320. The zero-order valence-corrected chi connectivity index (χ0v) is 18.4. The van der Waals surface area contributed by atoms with E-state index in [1.54, 1.807) is 18.1 Å². The molecule has 2 amide bonds. The van der Waals surface area contributed by atoms with E-state index in [9.17, 15) is 9.59 Å². The van der Waals surface area contributed by atoms with Crippen molar-refractivity contribution in [1.82, 2.24) is 30.0 Å². The molecule has 4 heterocycles. The van der Waals surface area contributed by atoms with Crippen molar-refractivity contribution in [1.29, 1.82) is 0 Å². The van der Waals surface area contributed by atoms with Crippen LogP contribution in [0.2, 0.25) is 0 Å². The third-order valence-electron chi connectivity index (χ3n) is 5.21. The third-order valence-corrected chi connectivity index (χ3v) is 6.21. The number of anilines is 1. The number of hydrogen-bond acceptors (Lipinski definition) is 8. The lowest BCUT2D eigenvalue weighted by Crippen LogP contribution is -2.35. The van der Waals surface area contributed by atoms with Gasteiger partial charge in [0, 0.05) is 35.8 Å². The highest BCUT2D eigenvalue weighted by atomic mass is 32.1. The number of carbonyl (C=O) groups is 2. The number of rotatable bonds is 5. The summed E-state index contributed by atoms with van der Waals surface area (Å²) >= 11 is 1.36. The number of benzene rings is 1. The zero-order chi connectivity index (χ0) is 22.8. The summed E-state index contributed by atoms with van der Waals surface area (Å²) in [7, 11) is 1.61. The van der Waals surface area contributed by atoms with Gasteiger partial charge in [0.15, 0.2) is 5.13 Å². The molecule has 0 saturated heterocycles. The standard InChI is InChI=1S/C22H19N7O3S/c1-32-14-4-2-3-13(9-14)16-10-17(28-27-16)21(31)29-8-5-15-19(12-29)33-22(25-15)26-20(30)18-11-23-6-7-24-18/h2-4,6-7,9-11H,5,8,12H2,1H3,(H,27,28)(H,25,26,30). The molecule has 166 valence electrons. The Morgan fingerprint density at radius 1 is 1.24 bits per heavy atom. The van der Waals surface area contributed by atoms with Gasteiger partial charge in [-0.25, -0.2) is 9.97 Å². The molecule has 10 nitrogen and oxygen atoms in total. The number of fused-ring (bicyclic) bond motifs is 1. The van der Waals surface area contributed by atoms with Crippen LogP contribution < -0.4 is 10.1 Å². The second-order valence-corrected chi connectivity index (χ2v) is 8.39. The lowest BCUT2D eigenvalue weighted by Gasteiger charge is -2.25. The average molecular weight is 462 g/mol. The number of ether oxygens (including phenoxy) is 1. The molecule has 0 saturated carbocycles. The highest BCUT2D eigenvalue weighted by Crippen LogP contribution is 2.30. The summed E-state index contributed by atoms with van der Waals surface area (Å²) in [5, 5.41) is 10.4. The fourth-order valence-electron chi connectivity index (χ4n) is 3.53. The van der Waals surface area contributed by atoms with Gasteiger partial charge in [0.2, 0.25) is 0 Å². The van der Waals surface area contributed by atoms with E-state index in [2.05, 4.69) is 30.5 Å². The zero-order valence-electron chi connectivity index (χ0n) is 17.6. The highest BCUT2D eigenvalue weighted by molar-refractivity contribution is 7.15. The minimum Gasteiger partial charge on any atom is -0.497 e. The summed E-state index contributed by atoms with van der Waals surface area (Å²) in [4.78, 5) is 40.5. The Hall–Kier alpha value is -4.12. The average Bonchev–Trinajstić information content (AvgIpc) is 3.51. The second kappa shape index (κ2) is 8.79. The van der Waals surface area contributed by atoms with Crippen molar-refractivity contribution in [3.8, 4) is 17.0 Å². The SMILES string of the molecule is COc1cccc(-c2cc(C(=O)N3CCc4nc(NC(=O)c5cnccn5)sc4C3)[nH]n2)c1. The van der Waals surface area contributed by atoms with E-state index < -0.39 is 0 Å². The number of amides is 2. The molecule has 0 fully saturated rings. The second-order valence-electron chi connectivity index (χ2n) is 7.31. The number of aromatic amines is 1. The maximum Gasteiger partial charge on any atom is 0.277 e. The van der Waals surface area contributed by atoms with Crippen molar-refractivity contribution in [2.24, 2.45) is 0 Å². The van der Waals surface area contributed by atoms with E-state index in [1.165, 1.54) is 29.9 Å². The topological polar surface area (TPSA) is 126 Å². The Balaban J connectivity index is 1.28. The first kappa shape index (κ1) is 20.8. The van der Waals surface area contributed by atoms with Gasteiger partial charge in [0.25, 0.3) is 11.8 Å². The van der Waals surface area contributed by atoms with Crippen LogP contribution >= 0.6 is 11.3 Å². The van der Waals surface area contributed by atoms with Crippen molar-refractivity contribution in [3.05, 3.63) is 70.9 Å². The molecule has 1 aliphatic rings. The molecule has 5 rings (SSSR count). The number of thiazole rings is 1. The van der Waals surface area contributed by atoms with E-state index in [0.717, 1.165) is 21.9 Å². The van der Waals surface area contributed by atoms with Gasteiger partial charge in [0.05, 0.1) is 31.2 Å². The number of carbonyl (C=O) groups excluding carboxylic acids is 2. The first-order valence-electron chi connectivity index (χ1n) is 10.2. The molecule has 0 atom stereocenters. The van der Waals surface area contributed by atoms with Crippen molar-refractivity contribution >= 4 is 28.3 Å². The predicted molar refractivity (Wildman–Crippen MR) is 121 cm³/mol. The van der Waals surface area contributed by atoms with Crippen molar-refractivity contribution in [2.45, 2.75) is 13.0 Å². The van der Waals surface area contributed by atoms with Gasteiger partial charge in [-0.3, -0.25) is 25.0 Å². The molecule has 0 radical (unpaired) electrons. The van der Waals surface area contributed by atoms with E-state index >= 15 is 0 Å². The molecule has 0 bridgehead atoms. The molecule has 11 heteroatoms. The Morgan fingerprint density at radius 2 is 2.15 bits per heavy atom. The van der Waals surface area contributed by atoms with Gasteiger partial charge >= 0.3 is 0 Å². The van der Waals surface area contributed by atoms with Crippen molar-refractivity contribution in [2.75, 3.05) is 19.0 Å². The smallest absolute Gasteiger partial charge is 0.277 e. The van der Waals surface area contributed by atoms with Gasteiger partial charge in [-0.2, -0.15) is 5.10 Å². The Morgan fingerprint density at radius 3 is 2.97 bits per heavy atom. The quantitative estimate of drug-likeness (QED) is 0.468. The summed E-state index contributed by atoms with van der Waals surface area (Å²) in [6, 6.07) is 9.25. The number of H-pyrrole nitrogens is 1. The van der Waals surface area contributed by atoms with Crippen LogP contribution in [0.1, 0.15) is 31.5 Å². The molecule has 33 heavy (non-hydrogen) atoms. The van der Waals surface area contributed by atoms with Crippen LogP contribution in [0.25, 0.3) is 11.3 Å². The Labute approximate surface area is 192 Å². The molecule has 1 aliphatic heterocycles. The minimum atomic E-state index is -0.371. The molecule has 1 aromatic carbocycles. The first-order valence-corrected chi connectivity index (χ1v) is 11.0. The van der Waals surface area contributed by atoms with Gasteiger partial charge in [-0.05, 0) is 18.2 Å². The lowest BCUT2D eigenvalue weighted by molar-refractivity contribution is 0.0730. The molecule has 0 spiro atoms. The predicted octanol–water partition coefficient (Wildman–Crippen LogP) is 2.78. The number of aromatic nitrogens is 5. The molecule has 3 aromatic heterocycles. The molecule has 0 unspecified atom stereocenters. The number of nitrogens with zero attached hydrogens (tertiary/aromatic N) is 5. The van der Waals surface area contributed by atoms with E-state index in [4.69, 9.17) is 4.74 Å². The van der Waals surface area contributed by atoms with Gasteiger partial charge in [-0.15, -0.1) is 0 Å². The van der Waals surface area contributed by atoms with E-state index in [1.807, 2.05) is 24.3 Å². The molecular weight excluding hydrogens is 442 g/mol. The Kier molecular flexibility index (Phi) is 5.53. The van der Waals surface area contributed by atoms with Crippen LogP contribution in [0.15, 0.2) is 48.9 Å². The van der Waals surface area contributed by atoms with Crippen LogP contribution in [-0.2, 0) is 13.0 Å². The monoisotopic (exact) mass is 461 g/mol. The molecule has 0 aliphatic carbocycles. The van der Waals surface area contributed by atoms with E-state index in [-0.39, 0.29) is 17.5 Å². The third kappa shape index (κ3) is 4.30. The fourth-order valence-corrected chi connectivity index (χ4v) is 4.55. The molecule has 2 N–H and O–H groups in total. The van der Waals surface area contributed by atoms with Gasteiger partial charge in [-0.1, -0.05) is 23.5 Å². The van der Waals surface area contributed by atoms with Crippen LogP contribution in [-0.4, -0.2) is 55.5 Å². The van der Waals surface area contributed by atoms with Gasteiger partial charge in [0.1, 0.15) is 17.1 Å². The highest BCUT2D eigenvalue weighted by Gasteiger charge is 2.26. The largest absolute Gasteiger partial charge is 0.497 e. The maximum atomic E-state index is 13.1. The first-order chi connectivity index (χ1) is 16.1. The summed E-state index contributed by atoms with van der Waals surface area (Å²) in [6.07, 6.45) is 4.97. The van der Waals surface area contributed by atoms with Crippen LogP contribution in [0.5, 0.6) is 5.75 Å². The normalized spacial score (nSPS) is 12.8. The van der Waals surface area contributed by atoms with Crippen LogP contribution in [0.3, 0.4) is 0 Å². The fraction of sp³-hybridized carbons (Fsp3) is 0.182. The number of hydrogen-bond donors (Lipinski definition) is 2. The molecule has 4 aromatic rings. The van der Waals surface area contributed by atoms with Crippen LogP contribution in [0, 0.1) is 0 Å².